The van der Waals surface area contributed by atoms with Crippen LogP contribution in [-0.4, -0.2) is 20.6 Å². The van der Waals surface area contributed by atoms with Crippen molar-refractivity contribution in [1.82, 2.24) is 9.55 Å². The van der Waals surface area contributed by atoms with Crippen LogP contribution in [-0.2, 0) is 6.42 Å². The van der Waals surface area contributed by atoms with Crippen molar-refractivity contribution in [2.45, 2.75) is 13.3 Å². The lowest BCUT2D eigenvalue weighted by atomic mass is 10.1. The highest BCUT2D eigenvalue weighted by atomic mass is 19.1. The Balaban J connectivity index is 2.42. The molecule has 0 atom stereocenters. The van der Waals surface area contributed by atoms with Crippen LogP contribution in [0.25, 0.3) is 16.7 Å². The number of rotatable bonds is 3. The fraction of sp³-hybridized carbons (Fsp3) is 0.125. The van der Waals surface area contributed by atoms with Gasteiger partial charge in [-0.25, -0.2) is 14.2 Å². The van der Waals surface area contributed by atoms with Gasteiger partial charge in [-0.05, 0) is 30.3 Å². The number of aryl methyl sites for hydroxylation is 1. The monoisotopic (exact) mass is 284 g/mol. The van der Waals surface area contributed by atoms with Crippen molar-refractivity contribution in [1.29, 1.82) is 0 Å². The zero-order chi connectivity index (χ0) is 15.0. The lowest BCUT2D eigenvalue weighted by Crippen LogP contribution is -2.05. The molecule has 0 radical (unpaired) electrons. The molecule has 0 bridgehead atoms. The van der Waals surface area contributed by atoms with Gasteiger partial charge < -0.3 is 5.11 Å². The zero-order valence-electron chi connectivity index (χ0n) is 11.4. The van der Waals surface area contributed by atoms with Gasteiger partial charge in [-0.2, -0.15) is 0 Å². The molecule has 1 N–H and O–H groups in total. The molecule has 2 aromatic carbocycles. The van der Waals surface area contributed by atoms with E-state index in [1.54, 1.807) is 28.8 Å². The number of halogens is 1. The van der Waals surface area contributed by atoms with Crippen LogP contribution < -0.4 is 0 Å². The summed E-state index contributed by atoms with van der Waals surface area (Å²) >= 11 is 0. The molecule has 3 aromatic rings. The largest absolute Gasteiger partial charge is 0.478 e. The molecule has 106 valence electrons. The third-order valence-electron chi connectivity index (χ3n) is 3.36. The Morgan fingerprint density at radius 1 is 1.29 bits per heavy atom. The molecule has 3 rings (SSSR count). The second kappa shape index (κ2) is 5.01. The first-order valence-corrected chi connectivity index (χ1v) is 6.61. The Morgan fingerprint density at radius 2 is 2.05 bits per heavy atom. The summed E-state index contributed by atoms with van der Waals surface area (Å²) in [6.45, 7) is 1.93. The number of benzene rings is 2. The molecule has 0 aliphatic carbocycles. The molecule has 21 heavy (non-hydrogen) atoms. The van der Waals surface area contributed by atoms with Crippen LogP contribution in [0.5, 0.6) is 0 Å². The van der Waals surface area contributed by atoms with Crippen LogP contribution in [0, 0.1) is 5.82 Å². The van der Waals surface area contributed by atoms with E-state index in [9.17, 15) is 14.3 Å². The van der Waals surface area contributed by atoms with Gasteiger partial charge in [0.15, 0.2) is 0 Å². The summed E-state index contributed by atoms with van der Waals surface area (Å²) in [5, 5.41) is 9.38. The van der Waals surface area contributed by atoms with Gasteiger partial charge in [0.1, 0.15) is 11.6 Å². The minimum absolute atomic E-state index is 0.156. The van der Waals surface area contributed by atoms with Gasteiger partial charge in [-0.3, -0.25) is 4.57 Å². The van der Waals surface area contributed by atoms with Gasteiger partial charge in [0.05, 0.1) is 22.3 Å². The number of para-hydroxylation sites is 1. The molecule has 0 fully saturated rings. The number of carboxylic acids is 1. The first-order valence-electron chi connectivity index (χ1n) is 6.61. The minimum Gasteiger partial charge on any atom is -0.478 e. The van der Waals surface area contributed by atoms with Gasteiger partial charge in [0.25, 0.3) is 0 Å². The molecule has 0 aliphatic heterocycles. The predicted octanol–water partition coefficient (Wildman–Crippen LogP) is 3.43. The van der Waals surface area contributed by atoms with Gasteiger partial charge >= 0.3 is 5.97 Å². The summed E-state index contributed by atoms with van der Waals surface area (Å²) in [4.78, 5) is 15.9. The summed E-state index contributed by atoms with van der Waals surface area (Å²) in [5.74, 6) is -0.700. The number of aromatic nitrogens is 2. The minimum atomic E-state index is -1.03. The number of fused-ring (bicyclic) bond motifs is 1. The number of aromatic carboxylic acids is 1. The fourth-order valence-corrected chi connectivity index (χ4v) is 2.48. The highest BCUT2D eigenvalue weighted by Crippen LogP contribution is 2.25. The Labute approximate surface area is 120 Å². The predicted molar refractivity (Wildman–Crippen MR) is 77.4 cm³/mol. The van der Waals surface area contributed by atoms with Crippen molar-refractivity contribution < 1.29 is 14.3 Å². The van der Waals surface area contributed by atoms with E-state index in [0.29, 0.717) is 29.0 Å². The van der Waals surface area contributed by atoms with Crippen molar-refractivity contribution in [3.8, 4) is 5.69 Å². The lowest BCUT2D eigenvalue weighted by molar-refractivity contribution is 0.0698. The van der Waals surface area contributed by atoms with E-state index in [1.807, 2.05) is 6.92 Å². The molecule has 0 unspecified atom stereocenters. The summed E-state index contributed by atoms with van der Waals surface area (Å²) in [6.07, 6.45) is 0.615. The van der Waals surface area contributed by atoms with E-state index in [-0.39, 0.29) is 11.4 Å². The maximum Gasteiger partial charge on any atom is 0.337 e. The van der Waals surface area contributed by atoms with Crippen LogP contribution in [0.15, 0.2) is 42.5 Å². The molecule has 0 aliphatic rings. The van der Waals surface area contributed by atoms with Crippen molar-refractivity contribution >= 4 is 17.0 Å². The second-order valence-corrected chi connectivity index (χ2v) is 4.68. The number of carboxylic acid groups (broad SMARTS) is 1. The number of imidazole rings is 1. The summed E-state index contributed by atoms with van der Waals surface area (Å²) in [5.41, 5.74) is 1.82. The molecule has 1 heterocycles. The van der Waals surface area contributed by atoms with Crippen molar-refractivity contribution in [3.63, 3.8) is 0 Å². The Bertz CT molecular complexity index is 839. The van der Waals surface area contributed by atoms with Crippen molar-refractivity contribution in [3.05, 3.63) is 59.7 Å². The third-order valence-corrected chi connectivity index (χ3v) is 3.36. The quantitative estimate of drug-likeness (QED) is 0.801. The van der Waals surface area contributed by atoms with Crippen LogP contribution in [0.3, 0.4) is 0 Å². The molecule has 0 saturated carbocycles. The highest BCUT2D eigenvalue weighted by Gasteiger charge is 2.18. The van der Waals surface area contributed by atoms with Crippen LogP contribution >= 0.6 is 0 Å². The normalized spacial score (nSPS) is 11.0. The van der Waals surface area contributed by atoms with E-state index in [2.05, 4.69) is 4.98 Å². The lowest BCUT2D eigenvalue weighted by Gasteiger charge is -2.09. The number of nitrogens with zero attached hydrogens (tertiary/aromatic N) is 2. The van der Waals surface area contributed by atoms with E-state index in [0.717, 1.165) is 0 Å². The van der Waals surface area contributed by atoms with E-state index in [1.165, 1.54) is 18.2 Å². The van der Waals surface area contributed by atoms with Crippen LogP contribution in [0.4, 0.5) is 4.39 Å². The Hall–Kier alpha value is -2.69. The van der Waals surface area contributed by atoms with Crippen molar-refractivity contribution in [2.24, 2.45) is 0 Å². The van der Waals surface area contributed by atoms with Crippen LogP contribution in [0.1, 0.15) is 23.1 Å². The maximum absolute atomic E-state index is 13.5. The molecule has 0 saturated heterocycles. The SMILES string of the molecule is CCc1nc2cccc(C(=O)O)c2n1-c1cccc(F)c1. The summed E-state index contributed by atoms with van der Waals surface area (Å²) < 4.78 is 15.2. The first-order chi connectivity index (χ1) is 10.1. The molecule has 0 amide bonds. The first kappa shape index (κ1) is 13.3. The molecule has 0 spiro atoms. The zero-order valence-corrected chi connectivity index (χ0v) is 11.4. The smallest absolute Gasteiger partial charge is 0.337 e. The number of hydrogen-bond acceptors (Lipinski definition) is 2. The standard InChI is InChI=1S/C16H13FN2O2/c1-2-14-18-13-8-4-7-12(16(20)21)15(13)19(14)11-6-3-5-10(17)9-11/h3-9H,2H2,1H3,(H,20,21). The van der Waals surface area contributed by atoms with Gasteiger partial charge in [0, 0.05) is 6.42 Å². The fourth-order valence-electron chi connectivity index (χ4n) is 2.48. The molecular weight excluding hydrogens is 271 g/mol. The molecule has 1 aromatic heterocycles. The average Bonchev–Trinajstić information content (AvgIpc) is 2.85. The Kier molecular flexibility index (Phi) is 3.17. The number of carbonyl (C=O) groups is 1. The highest BCUT2D eigenvalue weighted by molar-refractivity contribution is 6.01. The third kappa shape index (κ3) is 2.16. The topological polar surface area (TPSA) is 55.1 Å². The summed E-state index contributed by atoms with van der Waals surface area (Å²) in [6, 6.07) is 11.0. The van der Waals surface area contributed by atoms with E-state index < -0.39 is 5.97 Å². The summed E-state index contributed by atoms with van der Waals surface area (Å²) in [7, 11) is 0. The molecule has 5 heteroatoms. The van der Waals surface area contributed by atoms with Gasteiger partial charge in [-0.1, -0.05) is 19.1 Å². The van der Waals surface area contributed by atoms with E-state index in [4.69, 9.17) is 0 Å². The number of hydrogen-bond donors (Lipinski definition) is 1. The van der Waals surface area contributed by atoms with E-state index >= 15 is 0 Å². The maximum atomic E-state index is 13.5. The van der Waals surface area contributed by atoms with Gasteiger partial charge in [-0.15, -0.1) is 0 Å². The Morgan fingerprint density at radius 3 is 2.71 bits per heavy atom. The van der Waals surface area contributed by atoms with Crippen molar-refractivity contribution in [2.75, 3.05) is 0 Å². The average molecular weight is 284 g/mol. The second-order valence-electron chi connectivity index (χ2n) is 4.68. The van der Waals surface area contributed by atoms with Gasteiger partial charge in [0.2, 0.25) is 0 Å². The van der Waals surface area contributed by atoms with Crippen LogP contribution in [0.2, 0.25) is 0 Å². The molecular formula is C16H13FN2O2. The molecule has 4 nitrogen and oxygen atoms in total.